The van der Waals surface area contributed by atoms with Crippen molar-refractivity contribution in [2.45, 2.75) is 13.1 Å². The van der Waals surface area contributed by atoms with Crippen molar-refractivity contribution in [3.63, 3.8) is 0 Å². The Labute approximate surface area is 187 Å². The summed E-state index contributed by atoms with van der Waals surface area (Å²) >= 11 is 0. The quantitative estimate of drug-likeness (QED) is 0.480. The Morgan fingerprint density at radius 2 is 1.58 bits per heavy atom. The Bertz CT molecular complexity index is 1170. The summed E-state index contributed by atoms with van der Waals surface area (Å²) < 4.78 is 44.1. The van der Waals surface area contributed by atoms with Crippen molar-refractivity contribution in [1.82, 2.24) is 0 Å². The number of carbonyl (C=O) groups is 3. The molecule has 2 N–H and O–H groups in total. The number of alkyl halides is 3. The zero-order valence-electron chi connectivity index (χ0n) is 17.4. The number of amides is 2. The minimum absolute atomic E-state index is 0.0340. The van der Waals surface area contributed by atoms with E-state index in [9.17, 15) is 27.6 Å². The molecule has 0 aliphatic heterocycles. The van der Waals surface area contributed by atoms with E-state index in [-0.39, 0.29) is 29.3 Å². The van der Waals surface area contributed by atoms with Gasteiger partial charge in [-0.15, -0.1) is 0 Å². The zero-order chi connectivity index (χ0) is 24.0. The van der Waals surface area contributed by atoms with Gasteiger partial charge in [-0.05, 0) is 61.5 Å². The topological polar surface area (TPSA) is 84.5 Å². The Morgan fingerprint density at radius 1 is 0.879 bits per heavy atom. The van der Waals surface area contributed by atoms with Gasteiger partial charge in [-0.1, -0.05) is 18.2 Å². The molecule has 170 valence electrons. The molecule has 0 atom stereocenters. The van der Waals surface area contributed by atoms with E-state index >= 15 is 0 Å². The molecule has 0 saturated carbocycles. The summed E-state index contributed by atoms with van der Waals surface area (Å²) in [6.07, 6.45) is -4.54. The first-order valence-corrected chi connectivity index (χ1v) is 9.75. The van der Waals surface area contributed by atoms with E-state index in [4.69, 9.17) is 4.74 Å². The van der Waals surface area contributed by atoms with Gasteiger partial charge in [0, 0.05) is 11.3 Å². The highest BCUT2D eigenvalue weighted by Gasteiger charge is 2.30. The van der Waals surface area contributed by atoms with Gasteiger partial charge in [0.15, 0.2) is 12.4 Å². The van der Waals surface area contributed by atoms with Crippen molar-refractivity contribution in [2.24, 2.45) is 0 Å². The van der Waals surface area contributed by atoms with Crippen LogP contribution in [-0.4, -0.2) is 24.2 Å². The minimum Gasteiger partial charge on any atom is -0.484 e. The summed E-state index contributed by atoms with van der Waals surface area (Å²) in [5, 5.41) is 4.96. The van der Waals surface area contributed by atoms with Crippen LogP contribution < -0.4 is 15.4 Å². The summed E-state index contributed by atoms with van der Waals surface area (Å²) in [5.74, 6) is -0.957. The number of hydrogen-bond acceptors (Lipinski definition) is 4. The molecule has 33 heavy (non-hydrogen) atoms. The van der Waals surface area contributed by atoms with Crippen molar-refractivity contribution in [3.8, 4) is 5.75 Å². The van der Waals surface area contributed by atoms with Crippen molar-refractivity contribution in [3.05, 3.63) is 89.5 Å². The van der Waals surface area contributed by atoms with Gasteiger partial charge in [0.05, 0.1) is 16.8 Å². The Hall–Kier alpha value is -4.14. The number of ether oxygens (including phenoxy) is 1. The lowest BCUT2D eigenvalue weighted by molar-refractivity contribution is -0.137. The lowest BCUT2D eigenvalue weighted by atomic mass is 10.1. The Kier molecular flexibility index (Phi) is 7.12. The fourth-order valence-electron chi connectivity index (χ4n) is 2.88. The predicted molar refractivity (Wildman–Crippen MR) is 116 cm³/mol. The number of benzene rings is 3. The molecule has 0 heterocycles. The molecule has 0 saturated heterocycles. The van der Waals surface area contributed by atoms with E-state index in [1.54, 1.807) is 36.4 Å². The molecular formula is C24H19F3N2O4. The van der Waals surface area contributed by atoms with E-state index in [1.807, 2.05) is 0 Å². The lowest BCUT2D eigenvalue weighted by Gasteiger charge is -2.13. The molecule has 0 aliphatic carbocycles. The van der Waals surface area contributed by atoms with Crippen LogP contribution >= 0.6 is 0 Å². The smallest absolute Gasteiger partial charge is 0.416 e. The van der Waals surface area contributed by atoms with Gasteiger partial charge >= 0.3 is 6.18 Å². The maximum Gasteiger partial charge on any atom is 0.416 e. The number of Topliss-reactive ketones (excluding diaryl/α,β-unsaturated/α-hetero) is 1. The number of para-hydroxylation sites is 1. The monoisotopic (exact) mass is 456 g/mol. The Balaban J connectivity index is 1.65. The van der Waals surface area contributed by atoms with Gasteiger partial charge in [0.2, 0.25) is 0 Å². The summed E-state index contributed by atoms with van der Waals surface area (Å²) in [6, 6.07) is 16.6. The lowest BCUT2D eigenvalue weighted by Crippen LogP contribution is -2.23. The first-order chi connectivity index (χ1) is 15.6. The summed E-state index contributed by atoms with van der Waals surface area (Å²) in [5.41, 5.74) is -0.187. The number of ketones is 1. The standard InChI is InChI=1S/C24H19F3N2O4/c1-15(30)16-9-11-19(12-10-16)33-14-22(31)29-21-8-3-2-7-20(21)23(32)28-18-6-4-5-17(13-18)24(25,26)27/h2-13H,14H2,1H3,(H,28,32)(H,29,31). The first kappa shape index (κ1) is 23.5. The zero-order valence-corrected chi connectivity index (χ0v) is 17.4. The number of hydrogen-bond donors (Lipinski definition) is 2. The normalized spacial score (nSPS) is 10.9. The molecule has 3 rings (SSSR count). The van der Waals surface area contributed by atoms with Gasteiger partial charge in [0.1, 0.15) is 5.75 Å². The minimum atomic E-state index is -4.54. The fourth-order valence-corrected chi connectivity index (χ4v) is 2.88. The van der Waals surface area contributed by atoms with Crippen LogP contribution in [0.5, 0.6) is 5.75 Å². The molecule has 3 aromatic rings. The average molecular weight is 456 g/mol. The van der Waals surface area contributed by atoms with E-state index in [2.05, 4.69) is 10.6 Å². The van der Waals surface area contributed by atoms with Gasteiger partial charge in [-0.2, -0.15) is 13.2 Å². The number of anilines is 2. The number of rotatable bonds is 7. The van der Waals surface area contributed by atoms with Crippen LogP contribution in [0.25, 0.3) is 0 Å². The number of carbonyl (C=O) groups excluding carboxylic acids is 3. The summed E-state index contributed by atoms with van der Waals surface area (Å²) in [7, 11) is 0. The molecule has 0 aliphatic rings. The van der Waals surface area contributed by atoms with Crippen molar-refractivity contribution in [2.75, 3.05) is 17.2 Å². The Morgan fingerprint density at radius 3 is 2.24 bits per heavy atom. The number of halogens is 3. The van der Waals surface area contributed by atoms with E-state index in [1.165, 1.54) is 31.2 Å². The van der Waals surface area contributed by atoms with Gasteiger partial charge in [0.25, 0.3) is 11.8 Å². The molecular weight excluding hydrogens is 437 g/mol. The molecule has 6 nitrogen and oxygen atoms in total. The van der Waals surface area contributed by atoms with Crippen LogP contribution in [0, 0.1) is 0 Å². The SMILES string of the molecule is CC(=O)c1ccc(OCC(=O)Nc2ccccc2C(=O)Nc2cccc(C(F)(F)F)c2)cc1. The molecule has 0 radical (unpaired) electrons. The van der Waals surface area contributed by atoms with Crippen molar-refractivity contribution in [1.29, 1.82) is 0 Å². The van der Waals surface area contributed by atoms with E-state index in [0.717, 1.165) is 12.1 Å². The first-order valence-electron chi connectivity index (χ1n) is 9.75. The van der Waals surface area contributed by atoms with Crippen LogP contribution in [0.2, 0.25) is 0 Å². The second kappa shape index (κ2) is 9.99. The van der Waals surface area contributed by atoms with Crippen LogP contribution in [0.4, 0.5) is 24.5 Å². The highest BCUT2D eigenvalue weighted by Crippen LogP contribution is 2.31. The second-order valence-corrected chi connectivity index (χ2v) is 7.00. The molecule has 9 heteroatoms. The third kappa shape index (κ3) is 6.42. The molecule has 0 bridgehead atoms. The van der Waals surface area contributed by atoms with E-state index in [0.29, 0.717) is 11.3 Å². The molecule has 0 unspecified atom stereocenters. The highest BCUT2D eigenvalue weighted by molar-refractivity contribution is 6.10. The molecule has 0 fully saturated rings. The predicted octanol–water partition coefficient (Wildman–Crippen LogP) is 5.18. The molecule has 0 aromatic heterocycles. The number of nitrogens with one attached hydrogen (secondary N) is 2. The maximum absolute atomic E-state index is 12.9. The molecule has 3 aromatic carbocycles. The largest absolute Gasteiger partial charge is 0.484 e. The van der Waals surface area contributed by atoms with E-state index < -0.39 is 23.6 Å². The van der Waals surface area contributed by atoms with Crippen LogP contribution in [-0.2, 0) is 11.0 Å². The van der Waals surface area contributed by atoms with Crippen molar-refractivity contribution >= 4 is 29.0 Å². The summed E-state index contributed by atoms with van der Waals surface area (Å²) in [4.78, 5) is 36.2. The van der Waals surface area contributed by atoms with Gasteiger partial charge in [-0.3, -0.25) is 14.4 Å². The summed E-state index contributed by atoms with van der Waals surface area (Å²) in [6.45, 7) is 1.08. The molecule has 0 spiro atoms. The highest BCUT2D eigenvalue weighted by atomic mass is 19.4. The second-order valence-electron chi connectivity index (χ2n) is 7.00. The third-order valence-corrected chi connectivity index (χ3v) is 4.52. The van der Waals surface area contributed by atoms with Crippen LogP contribution in [0.15, 0.2) is 72.8 Å². The van der Waals surface area contributed by atoms with Crippen LogP contribution in [0.3, 0.4) is 0 Å². The van der Waals surface area contributed by atoms with Crippen molar-refractivity contribution < 1.29 is 32.3 Å². The van der Waals surface area contributed by atoms with Gasteiger partial charge in [-0.25, -0.2) is 0 Å². The third-order valence-electron chi connectivity index (χ3n) is 4.52. The fraction of sp³-hybridized carbons (Fsp3) is 0.125. The van der Waals surface area contributed by atoms with Crippen LogP contribution in [0.1, 0.15) is 33.2 Å². The van der Waals surface area contributed by atoms with Gasteiger partial charge < -0.3 is 15.4 Å². The maximum atomic E-state index is 12.9. The average Bonchev–Trinajstić information content (AvgIpc) is 2.78. The molecule has 2 amide bonds.